The number of aromatic nitrogens is 2. The topological polar surface area (TPSA) is 85.7 Å². The summed E-state index contributed by atoms with van der Waals surface area (Å²) >= 11 is 1.51. The SMILES string of the molecule is COc1ccc(-n2nc(-c3ccccc3)c3c2N(CC(=O)NCC(C)C)C(=O)CS[C@@H]3c2ccccc2OC)cc1. The van der Waals surface area contributed by atoms with Crippen molar-refractivity contribution in [3.8, 4) is 28.4 Å². The number of hydrogen-bond acceptors (Lipinski definition) is 6. The van der Waals surface area contributed by atoms with E-state index in [2.05, 4.69) is 5.32 Å². The zero-order chi connectivity index (χ0) is 28.9. The number of carbonyl (C=O) groups is 2. The molecular weight excluding hydrogens is 536 g/mol. The summed E-state index contributed by atoms with van der Waals surface area (Å²) in [4.78, 5) is 28.6. The summed E-state index contributed by atoms with van der Waals surface area (Å²) in [5.74, 6) is 2.09. The molecule has 9 heteroatoms. The van der Waals surface area contributed by atoms with Gasteiger partial charge in [0, 0.05) is 23.2 Å². The lowest BCUT2D eigenvalue weighted by molar-refractivity contribution is -0.123. The molecule has 0 bridgehead atoms. The van der Waals surface area contributed by atoms with E-state index < -0.39 is 0 Å². The van der Waals surface area contributed by atoms with Gasteiger partial charge in [0.15, 0.2) is 0 Å². The van der Waals surface area contributed by atoms with Crippen LogP contribution in [0.5, 0.6) is 11.5 Å². The molecule has 212 valence electrons. The third kappa shape index (κ3) is 5.95. The Morgan fingerprint density at radius 1 is 1.00 bits per heavy atom. The molecule has 0 aliphatic carbocycles. The average Bonchev–Trinajstić information content (AvgIpc) is 3.33. The van der Waals surface area contributed by atoms with E-state index >= 15 is 0 Å². The van der Waals surface area contributed by atoms with Crippen molar-refractivity contribution in [2.75, 3.05) is 38.0 Å². The van der Waals surface area contributed by atoms with Gasteiger partial charge < -0.3 is 14.8 Å². The van der Waals surface area contributed by atoms with E-state index in [1.807, 2.05) is 92.7 Å². The molecule has 41 heavy (non-hydrogen) atoms. The van der Waals surface area contributed by atoms with Crippen LogP contribution in [0.1, 0.15) is 30.2 Å². The lowest BCUT2D eigenvalue weighted by atomic mass is 9.99. The first-order valence-corrected chi connectivity index (χ1v) is 14.6. The quantitative estimate of drug-likeness (QED) is 0.286. The molecule has 0 radical (unpaired) electrons. The van der Waals surface area contributed by atoms with E-state index in [-0.39, 0.29) is 35.3 Å². The first kappa shape index (κ1) is 28.3. The number of fused-ring (bicyclic) bond motifs is 1. The number of para-hydroxylation sites is 1. The second-order valence-electron chi connectivity index (χ2n) is 10.2. The van der Waals surface area contributed by atoms with Crippen molar-refractivity contribution < 1.29 is 19.1 Å². The van der Waals surface area contributed by atoms with Crippen molar-refractivity contribution in [1.82, 2.24) is 15.1 Å². The number of thioether (sulfide) groups is 1. The van der Waals surface area contributed by atoms with Crippen LogP contribution in [0.25, 0.3) is 16.9 Å². The molecule has 3 aromatic carbocycles. The Morgan fingerprint density at radius 3 is 2.39 bits per heavy atom. The van der Waals surface area contributed by atoms with Gasteiger partial charge in [0.1, 0.15) is 23.9 Å². The number of carbonyl (C=O) groups excluding carboxylic acids is 2. The Balaban J connectivity index is 1.77. The molecule has 1 aliphatic rings. The Kier molecular flexibility index (Phi) is 8.64. The van der Waals surface area contributed by atoms with E-state index in [9.17, 15) is 9.59 Å². The second-order valence-corrected chi connectivity index (χ2v) is 11.3. The summed E-state index contributed by atoms with van der Waals surface area (Å²) in [6.07, 6.45) is 0. The highest BCUT2D eigenvalue weighted by Crippen LogP contribution is 2.50. The summed E-state index contributed by atoms with van der Waals surface area (Å²) in [6.45, 7) is 4.48. The maximum atomic E-state index is 13.8. The summed E-state index contributed by atoms with van der Waals surface area (Å²) in [6, 6.07) is 25.3. The minimum Gasteiger partial charge on any atom is -0.497 e. The molecular formula is C32H34N4O4S. The van der Waals surface area contributed by atoms with Crippen LogP contribution in [-0.4, -0.2) is 54.7 Å². The Hall–Kier alpha value is -4.24. The molecule has 0 saturated carbocycles. The highest BCUT2D eigenvalue weighted by atomic mass is 32.2. The fraction of sp³-hybridized carbons (Fsp3) is 0.281. The van der Waals surface area contributed by atoms with Crippen molar-refractivity contribution in [3.05, 3.63) is 90.0 Å². The first-order chi connectivity index (χ1) is 19.9. The number of ether oxygens (including phenoxy) is 2. The van der Waals surface area contributed by atoms with Crippen molar-refractivity contribution in [2.24, 2.45) is 5.92 Å². The van der Waals surface area contributed by atoms with Gasteiger partial charge in [-0.2, -0.15) is 5.10 Å². The number of anilines is 1. The Morgan fingerprint density at radius 2 is 1.71 bits per heavy atom. The summed E-state index contributed by atoms with van der Waals surface area (Å²) < 4.78 is 12.9. The first-order valence-electron chi connectivity index (χ1n) is 13.6. The molecule has 0 unspecified atom stereocenters. The molecule has 2 heterocycles. The van der Waals surface area contributed by atoms with Crippen molar-refractivity contribution >= 4 is 29.4 Å². The molecule has 1 N–H and O–H groups in total. The smallest absolute Gasteiger partial charge is 0.240 e. The normalized spacial score (nSPS) is 14.9. The van der Waals surface area contributed by atoms with Gasteiger partial charge in [0.2, 0.25) is 11.8 Å². The molecule has 0 fully saturated rings. The lowest BCUT2D eigenvalue weighted by Gasteiger charge is -2.24. The Bertz CT molecular complexity index is 1520. The fourth-order valence-corrected chi connectivity index (χ4v) is 6.10. The molecule has 2 amide bonds. The maximum absolute atomic E-state index is 13.8. The molecule has 1 aromatic heterocycles. The second kappa shape index (κ2) is 12.5. The van der Waals surface area contributed by atoms with Crippen LogP contribution >= 0.6 is 11.8 Å². The van der Waals surface area contributed by atoms with E-state index in [1.54, 1.807) is 23.8 Å². The monoisotopic (exact) mass is 570 g/mol. The van der Waals surface area contributed by atoms with Crippen LogP contribution in [0.2, 0.25) is 0 Å². The predicted octanol–water partition coefficient (Wildman–Crippen LogP) is 5.50. The number of amides is 2. The van der Waals surface area contributed by atoms with Gasteiger partial charge in [-0.05, 0) is 36.2 Å². The molecule has 0 saturated heterocycles. The number of rotatable bonds is 9. The zero-order valence-corrected chi connectivity index (χ0v) is 24.5. The number of hydrogen-bond donors (Lipinski definition) is 1. The largest absolute Gasteiger partial charge is 0.497 e. The molecule has 5 rings (SSSR count). The standard InChI is InChI=1S/C32H34N4O4S/c1-21(2)18-33-27(37)19-35-28(38)20-41-31(25-12-8-9-13-26(25)40-4)29-30(22-10-6-5-7-11-22)34-36(32(29)35)23-14-16-24(39-3)17-15-23/h5-17,21,31H,18-20H2,1-4H3,(H,33,37)/t31-/m1/s1. The number of benzene rings is 3. The predicted molar refractivity (Wildman–Crippen MR) is 163 cm³/mol. The van der Waals surface area contributed by atoms with Crippen LogP contribution < -0.4 is 19.7 Å². The lowest BCUT2D eigenvalue weighted by Crippen LogP contribution is -2.43. The molecule has 4 aromatic rings. The van der Waals surface area contributed by atoms with Gasteiger partial charge in [-0.15, -0.1) is 11.8 Å². The van der Waals surface area contributed by atoms with Gasteiger partial charge in [0.25, 0.3) is 0 Å². The van der Waals surface area contributed by atoms with Crippen molar-refractivity contribution in [1.29, 1.82) is 0 Å². The minimum atomic E-state index is -0.281. The van der Waals surface area contributed by atoms with Gasteiger partial charge in [-0.1, -0.05) is 62.4 Å². The molecule has 8 nitrogen and oxygen atoms in total. The van der Waals surface area contributed by atoms with Crippen LogP contribution in [0.4, 0.5) is 5.82 Å². The summed E-state index contributed by atoms with van der Waals surface area (Å²) in [5, 5.41) is 7.81. The van der Waals surface area contributed by atoms with Crippen LogP contribution in [0.15, 0.2) is 78.9 Å². The minimum absolute atomic E-state index is 0.117. The van der Waals surface area contributed by atoms with Crippen LogP contribution in [0.3, 0.4) is 0 Å². The van der Waals surface area contributed by atoms with Crippen molar-refractivity contribution in [2.45, 2.75) is 19.1 Å². The fourth-order valence-electron chi connectivity index (χ4n) is 4.88. The van der Waals surface area contributed by atoms with Gasteiger partial charge in [0.05, 0.1) is 36.6 Å². The maximum Gasteiger partial charge on any atom is 0.240 e. The third-order valence-electron chi connectivity index (χ3n) is 6.88. The number of methoxy groups -OCH3 is 2. The van der Waals surface area contributed by atoms with Gasteiger partial charge in [-0.3, -0.25) is 14.5 Å². The zero-order valence-electron chi connectivity index (χ0n) is 23.7. The molecule has 0 spiro atoms. The highest BCUT2D eigenvalue weighted by molar-refractivity contribution is 8.00. The number of nitrogens with one attached hydrogen (secondary N) is 1. The van der Waals surface area contributed by atoms with E-state index in [1.165, 1.54) is 11.8 Å². The summed E-state index contributed by atoms with van der Waals surface area (Å²) in [5.41, 5.74) is 4.18. The highest BCUT2D eigenvalue weighted by Gasteiger charge is 2.38. The van der Waals surface area contributed by atoms with Gasteiger partial charge >= 0.3 is 0 Å². The van der Waals surface area contributed by atoms with E-state index in [0.717, 1.165) is 33.8 Å². The van der Waals surface area contributed by atoms with Crippen molar-refractivity contribution in [3.63, 3.8) is 0 Å². The van der Waals surface area contributed by atoms with Crippen LogP contribution in [-0.2, 0) is 9.59 Å². The average molecular weight is 571 g/mol. The molecule has 1 aliphatic heterocycles. The van der Waals surface area contributed by atoms with E-state index in [4.69, 9.17) is 14.6 Å². The number of nitrogens with zero attached hydrogens (tertiary/aromatic N) is 3. The molecule has 1 atom stereocenters. The van der Waals surface area contributed by atoms with Gasteiger partial charge in [-0.25, -0.2) is 4.68 Å². The Labute approximate surface area is 244 Å². The summed E-state index contributed by atoms with van der Waals surface area (Å²) in [7, 11) is 3.27. The van der Waals surface area contributed by atoms with Crippen LogP contribution in [0, 0.1) is 5.92 Å². The van der Waals surface area contributed by atoms with E-state index in [0.29, 0.717) is 18.1 Å². The third-order valence-corrected chi connectivity index (χ3v) is 8.12.